The highest BCUT2D eigenvalue weighted by Gasteiger charge is 2.30. The Hall–Kier alpha value is -1.93. The molecule has 1 N–H and O–H groups in total. The van der Waals surface area contributed by atoms with E-state index in [1.54, 1.807) is 20.8 Å². The van der Waals surface area contributed by atoms with Gasteiger partial charge in [-0.1, -0.05) is 6.07 Å². The maximum atomic E-state index is 12.7. The van der Waals surface area contributed by atoms with Gasteiger partial charge in [-0.3, -0.25) is 4.79 Å². The zero-order valence-electron chi connectivity index (χ0n) is 12.9. The Morgan fingerprint density at radius 1 is 1.32 bits per heavy atom. The molecule has 0 atom stereocenters. The molecule has 0 amide bonds. The molecule has 0 radical (unpaired) electrons. The minimum atomic E-state index is -4.05. The molecule has 0 aliphatic heterocycles. The fraction of sp³-hybridized carbons (Fsp3) is 0.429. The van der Waals surface area contributed by atoms with Crippen LogP contribution in [-0.2, 0) is 19.6 Å². The van der Waals surface area contributed by atoms with Crippen LogP contribution < -0.4 is 0 Å². The predicted molar refractivity (Wildman–Crippen MR) is 79.2 cm³/mol. The average Bonchev–Trinajstić information content (AvgIpc) is 2.43. The molecular weight excluding hydrogens is 310 g/mol. The summed E-state index contributed by atoms with van der Waals surface area (Å²) in [7, 11) is -2.85. The summed E-state index contributed by atoms with van der Waals surface area (Å²) < 4.78 is 30.9. The number of hydrogen-bond donors (Lipinski definition) is 1. The maximum absolute atomic E-state index is 12.7. The van der Waals surface area contributed by atoms with Gasteiger partial charge in [-0.25, -0.2) is 13.2 Å². The molecule has 0 aromatic heterocycles. The van der Waals surface area contributed by atoms with E-state index in [4.69, 9.17) is 5.11 Å². The molecule has 122 valence electrons. The van der Waals surface area contributed by atoms with Crippen molar-refractivity contribution in [1.82, 2.24) is 4.31 Å². The van der Waals surface area contributed by atoms with Crippen molar-refractivity contribution in [3.63, 3.8) is 0 Å². The Kier molecular flexibility index (Phi) is 5.67. The molecule has 1 rings (SSSR count). The van der Waals surface area contributed by atoms with Crippen LogP contribution in [0.15, 0.2) is 23.1 Å². The normalized spacial score (nSPS) is 11.7. The SMILES string of the molecule is COC(=O)c1ccc(C)c(S(=O)(=O)N(CC(=O)O)C(C)C)c1. The molecular formula is C14H19NO6S. The van der Waals surface area contributed by atoms with Crippen molar-refractivity contribution in [2.75, 3.05) is 13.7 Å². The fourth-order valence-corrected chi connectivity index (χ4v) is 3.77. The predicted octanol–water partition coefficient (Wildman–Crippen LogP) is 1.27. The summed E-state index contributed by atoms with van der Waals surface area (Å²) in [6.45, 7) is 4.09. The molecule has 7 nitrogen and oxygen atoms in total. The van der Waals surface area contributed by atoms with Gasteiger partial charge in [0.25, 0.3) is 0 Å². The van der Waals surface area contributed by atoms with E-state index >= 15 is 0 Å². The van der Waals surface area contributed by atoms with Gasteiger partial charge in [-0.05, 0) is 38.5 Å². The third-order valence-corrected chi connectivity index (χ3v) is 5.23. The smallest absolute Gasteiger partial charge is 0.337 e. The summed E-state index contributed by atoms with van der Waals surface area (Å²) >= 11 is 0. The van der Waals surface area contributed by atoms with Crippen LogP contribution in [0.5, 0.6) is 0 Å². The van der Waals surface area contributed by atoms with Crippen molar-refractivity contribution in [3.05, 3.63) is 29.3 Å². The van der Waals surface area contributed by atoms with E-state index in [-0.39, 0.29) is 10.5 Å². The Morgan fingerprint density at radius 2 is 1.91 bits per heavy atom. The van der Waals surface area contributed by atoms with E-state index in [0.717, 1.165) is 4.31 Å². The number of nitrogens with zero attached hydrogens (tertiary/aromatic N) is 1. The number of rotatable bonds is 6. The lowest BCUT2D eigenvalue weighted by Gasteiger charge is -2.25. The fourth-order valence-electron chi connectivity index (χ4n) is 1.93. The second-order valence-electron chi connectivity index (χ2n) is 5.01. The van der Waals surface area contributed by atoms with Gasteiger partial charge in [0.15, 0.2) is 0 Å². The number of benzene rings is 1. The molecule has 22 heavy (non-hydrogen) atoms. The second-order valence-corrected chi connectivity index (χ2v) is 6.87. The Balaban J connectivity index is 3.43. The molecule has 0 unspecified atom stereocenters. The van der Waals surface area contributed by atoms with Crippen molar-refractivity contribution in [2.45, 2.75) is 31.7 Å². The van der Waals surface area contributed by atoms with Crippen LogP contribution >= 0.6 is 0 Å². The largest absolute Gasteiger partial charge is 0.480 e. The summed E-state index contributed by atoms with van der Waals surface area (Å²) in [5, 5.41) is 8.91. The quantitative estimate of drug-likeness (QED) is 0.789. The van der Waals surface area contributed by atoms with E-state index in [9.17, 15) is 18.0 Å². The van der Waals surface area contributed by atoms with Crippen molar-refractivity contribution in [1.29, 1.82) is 0 Å². The van der Waals surface area contributed by atoms with Crippen LogP contribution in [-0.4, -0.2) is 49.5 Å². The van der Waals surface area contributed by atoms with Crippen LogP contribution in [0, 0.1) is 6.92 Å². The lowest BCUT2D eigenvalue weighted by molar-refractivity contribution is -0.137. The first kappa shape index (κ1) is 18.1. The first-order valence-corrected chi connectivity index (χ1v) is 7.98. The van der Waals surface area contributed by atoms with Crippen LogP contribution in [0.25, 0.3) is 0 Å². The van der Waals surface area contributed by atoms with Gasteiger partial charge in [0.1, 0.15) is 6.54 Å². The van der Waals surface area contributed by atoms with Crippen LogP contribution in [0.3, 0.4) is 0 Å². The Bertz CT molecular complexity index is 681. The molecule has 0 aliphatic carbocycles. The van der Waals surface area contributed by atoms with Gasteiger partial charge in [0.05, 0.1) is 17.6 Å². The minimum absolute atomic E-state index is 0.0886. The van der Waals surface area contributed by atoms with E-state index in [1.165, 1.54) is 25.3 Å². The second kappa shape index (κ2) is 6.89. The number of carboxylic acids is 1. The third-order valence-electron chi connectivity index (χ3n) is 3.06. The lowest BCUT2D eigenvalue weighted by Crippen LogP contribution is -2.40. The molecule has 1 aromatic rings. The van der Waals surface area contributed by atoms with Crippen LogP contribution in [0.2, 0.25) is 0 Å². The topological polar surface area (TPSA) is 101 Å². The summed E-state index contributed by atoms with van der Waals surface area (Å²) in [5.74, 6) is -1.91. The molecule has 0 bridgehead atoms. The van der Waals surface area contributed by atoms with Gasteiger partial charge >= 0.3 is 11.9 Å². The Morgan fingerprint density at radius 3 is 2.36 bits per heavy atom. The van der Waals surface area contributed by atoms with Gasteiger partial charge in [-0.15, -0.1) is 0 Å². The zero-order valence-corrected chi connectivity index (χ0v) is 13.7. The van der Waals surface area contributed by atoms with Crippen molar-refractivity contribution in [3.8, 4) is 0 Å². The van der Waals surface area contributed by atoms with Crippen LogP contribution in [0.1, 0.15) is 29.8 Å². The highest BCUT2D eigenvalue weighted by molar-refractivity contribution is 7.89. The monoisotopic (exact) mass is 329 g/mol. The third kappa shape index (κ3) is 3.83. The molecule has 0 heterocycles. The highest BCUT2D eigenvalue weighted by Crippen LogP contribution is 2.23. The number of carbonyl (C=O) groups is 2. The number of sulfonamides is 1. The van der Waals surface area contributed by atoms with Gasteiger partial charge < -0.3 is 9.84 Å². The summed E-state index contributed by atoms with van der Waals surface area (Å²) in [6, 6.07) is 3.60. The number of carbonyl (C=O) groups excluding carboxylic acids is 1. The molecule has 8 heteroatoms. The number of aliphatic carboxylic acids is 1. The molecule has 0 saturated carbocycles. The molecule has 0 fully saturated rings. The molecule has 1 aromatic carbocycles. The van der Waals surface area contributed by atoms with Gasteiger partial charge in [0.2, 0.25) is 10.0 Å². The van der Waals surface area contributed by atoms with Crippen molar-refractivity contribution < 1.29 is 27.9 Å². The number of hydrogen-bond acceptors (Lipinski definition) is 5. The van der Waals surface area contributed by atoms with Crippen molar-refractivity contribution >= 4 is 22.0 Å². The van der Waals surface area contributed by atoms with E-state index in [1.807, 2.05) is 0 Å². The molecule has 0 saturated heterocycles. The van der Waals surface area contributed by atoms with E-state index in [2.05, 4.69) is 4.74 Å². The number of esters is 1. The first-order chi connectivity index (χ1) is 10.1. The van der Waals surface area contributed by atoms with E-state index in [0.29, 0.717) is 5.56 Å². The molecule has 0 spiro atoms. The van der Waals surface area contributed by atoms with Crippen LogP contribution in [0.4, 0.5) is 0 Å². The number of carboxylic acid groups (broad SMARTS) is 1. The lowest BCUT2D eigenvalue weighted by atomic mass is 10.1. The summed E-state index contributed by atoms with van der Waals surface area (Å²) in [4.78, 5) is 22.4. The highest BCUT2D eigenvalue weighted by atomic mass is 32.2. The maximum Gasteiger partial charge on any atom is 0.337 e. The van der Waals surface area contributed by atoms with Gasteiger partial charge in [0, 0.05) is 6.04 Å². The summed E-state index contributed by atoms with van der Waals surface area (Å²) in [6.07, 6.45) is 0. The average molecular weight is 329 g/mol. The number of methoxy groups -OCH3 is 1. The summed E-state index contributed by atoms with van der Waals surface area (Å²) in [5.41, 5.74) is 0.509. The zero-order chi connectivity index (χ0) is 17.1. The Labute approximate surface area is 129 Å². The van der Waals surface area contributed by atoms with Crippen molar-refractivity contribution in [2.24, 2.45) is 0 Å². The minimum Gasteiger partial charge on any atom is -0.480 e. The standard InChI is InChI=1S/C14H19NO6S/c1-9(2)15(8-13(16)17)22(19,20)12-7-11(14(18)21-4)6-5-10(12)3/h5-7,9H,8H2,1-4H3,(H,16,17). The van der Waals surface area contributed by atoms with E-state index < -0.39 is 34.5 Å². The first-order valence-electron chi connectivity index (χ1n) is 6.53. The molecule has 0 aliphatic rings. The number of aryl methyl sites for hydroxylation is 1. The van der Waals surface area contributed by atoms with Gasteiger partial charge in [-0.2, -0.15) is 4.31 Å². The number of ether oxygens (including phenoxy) is 1.